The van der Waals surface area contributed by atoms with Gasteiger partial charge in [0.05, 0.1) is 0 Å². The first-order valence-electron chi connectivity index (χ1n) is 2.89. The van der Waals surface area contributed by atoms with Gasteiger partial charge in [-0.2, -0.15) is 0 Å². The van der Waals surface area contributed by atoms with E-state index in [0.29, 0.717) is 0 Å². The van der Waals surface area contributed by atoms with E-state index in [9.17, 15) is 0 Å². The minimum absolute atomic E-state index is 0.00639. The Morgan fingerprint density at radius 3 is 2.70 bits per heavy atom. The van der Waals surface area contributed by atoms with Gasteiger partial charge in [0.1, 0.15) is 11.4 Å². The molecule has 0 spiro atoms. The van der Waals surface area contributed by atoms with Crippen LogP contribution in [0.2, 0.25) is 0 Å². The second kappa shape index (κ2) is 2.47. The molecule has 0 aliphatic carbocycles. The van der Waals surface area contributed by atoms with Gasteiger partial charge in [-0.3, -0.25) is 0 Å². The highest BCUT2D eigenvalue weighted by Crippen LogP contribution is 2.25. The Morgan fingerprint density at radius 2 is 2.20 bits per heavy atom. The van der Waals surface area contributed by atoms with Gasteiger partial charge in [0, 0.05) is 0 Å². The molecule has 0 amide bonds. The average molecular weight is 135 g/mol. The molecule has 3 nitrogen and oxygen atoms in total. The fraction of sp³-hybridized carbons (Fsp3) is 0.143. The highest BCUT2D eigenvalue weighted by Gasteiger charge is 1.97. The summed E-state index contributed by atoms with van der Waals surface area (Å²) in [6.07, 6.45) is 0. The van der Waals surface area contributed by atoms with Crippen molar-refractivity contribution < 1.29 is 5.11 Å². The van der Waals surface area contributed by atoms with Crippen LogP contribution < -0.4 is 5.53 Å². The lowest BCUT2D eigenvalue weighted by Gasteiger charge is -1.95. The van der Waals surface area contributed by atoms with Crippen LogP contribution in [-0.4, -0.2) is 5.11 Å². The molecule has 51 valence electrons. The summed E-state index contributed by atoms with van der Waals surface area (Å²) in [6.45, 7) is 1.86. The first kappa shape index (κ1) is 6.74. The third-order valence-electron chi connectivity index (χ3n) is 1.24. The zero-order valence-electron chi connectivity index (χ0n) is 5.57. The number of aromatic hydroxyl groups is 1. The number of rotatable bonds is 1. The number of nitrogens with zero attached hydrogens (tertiary/aromatic N) is 2. The number of phenolic OH excluding ortho intramolecular Hbond substituents is 1. The standard InChI is InChI=1S/C7H7N2O/c1-5-2-3-7(10)6(4-5)9-8/h2-4,10H,1H3. The molecular weight excluding hydrogens is 128 g/mol. The molecule has 0 saturated carbocycles. The Balaban J connectivity index is 3.21. The molecule has 0 unspecified atom stereocenters. The van der Waals surface area contributed by atoms with Crippen molar-refractivity contribution in [2.45, 2.75) is 6.92 Å². The van der Waals surface area contributed by atoms with Crippen molar-refractivity contribution in [1.29, 1.82) is 0 Å². The van der Waals surface area contributed by atoms with Crippen molar-refractivity contribution in [3.8, 4) is 5.75 Å². The van der Waals surface area contributed by atoms with Gasteiger partial charge in [0.15, 0.2) is 0 Å². The van der Waals surface area contributed by atoms with Gasteiger partial charge >= 0.3 is 0 Å². The largest absolute Gasteiger partial charge is 0.506 e. The van der Waals surface area contributed by atoms with Crippen LogP contribution in [0, 0.1) is 6.92 Å². The molecule has 0 heterocycles. The summed E-state index contributed by atoms with van der Waals surface area (Å²) in [5.41, 5.74) is 9.47. The minimum Gasteiger partial charge on any atom is -0.506 e. The van der Waals surface area contributed by atoms with Crippen molar-refractivity contribution in [3.05, 3.63) is 23.8 Å². The molecule has 0 aromatic heterocycles. The zero-order chi connectivity index (χ0) is 7.56. The van der Waals surface area contributed by atoms with E-state index < -0.39 is 0 Å². The Hall–Kier alpha value is -1.38. The molecule has 1 radical (unpaired) electrons. The van der Waals surface area contributed by atoms with Crippen molar-refractivity contribution >= 4 is 5.69 Å². The van der Waals surface area contributed by atoms with Gasteiger partial charge in [-0.25, -0.2) is 0 Å². The van der Waals surface area contributed by atoms with Crippen LogP contribution >= 0.6 is 0 Å². The number of benzene rings is 1. The van der Waals surface area contributed by atoms with Gasteiger partial charge in [0.25, 0.3) is 0 Å². The molecule has 10 heavy (non-hydrogen) atoms. The molecule has 1 aromatic rings. The predicted molar refractivity (Wildman–Crippen MR) is 37.1 cm³/mol. The van der Waals surface area contributed by atoms with Crippen LogP contribution in [0.25, 0.3) is 0 Å². The fourth-order valence-electron chi connectivity index (χ4n) is 0.714. The minimum atomic E-state index is -0.00639. The fourth-order valence-corrected chi connectivity index (χ4v) is 0.714. The monoisotopic (exact) mass is 135 g/mol. The Kier molecular flexibility index (Phi) is 1.67. The normalized spacial score (nSPS) is 9.30. The van der Waals surface area contributed by atoms with Crippen LogP contribution in [-0.2, 0) is 0 Å². The van der Waals surface area contributed by atoms with Crippen molar-refractivity contribution in [1.82, 2.24) is 5.53 Å². The maximum atomic E-state index is 8.98. The summed E-state index contributed by atoms with van der Waals surface area (Å²) in [4.78, 5) is 0. The van der Waals surface area contributed by atoms with Gasteiger partial charge in [-0.05, 0) is 30.2 Å². The Morgan fingerprint density at radius 1 is 1.50 bits per heavy atom. The van der Waals surface area contributed by atoms with E-state index in [0.717, 1.165) is 5.56 Å². The summed E-state index contributed by atoms with van der Waals surface area (Å²) in [6, 6.07) is 4.82. The lowest BCUT2D eigenvalue weighted by molar-refractivity contribution is 0.476. The quantitative estimate of drug-likeness (QED) is 0.584. The zero-order valence-corrected chi connectivity index (χ0v) is 5.57. The van der Waals surface area contributed by atoms with E-state index in [-0.39, 0.29) is 11.4 Å². The second-order valence-corrected chi connectivity index (χ2v) is 2.09. The van der Waals surface area contributed by atoms with E-state index in [1.807, 2.05) is 6.92 Å². The van der Waals surface area contributed by atoms with Crippen LogP contribution in [0.1, 0.15) is 5.56 Å². The molecule has 1 N–H and O–H groups in total. The van der Waals surface area contributed by atoms with Crippen LogP contribution in [0.5, 0.6) is 5.75 Å². The van der Waals surface area contributed by atoms with Crippen LogP contribution in [0.15, 0.2) is 23.3 Å². The molecule has 0 aliphatic heterocycles. The molecule has 1 rings (SSSR count). The maximum absolute atomic E-state index is 8.98. The van der Waals surface area contributed by atoms with Gasteiger partial charge in [-0.15, -0.1) is 5.11 Å². The summed E-state index contributed by atoms with van der Waals surface area (Å²) in [5, 5.41) is 11.9. The average Bonchev–Trinajstić information content (AvgIpc) is 1.94. The van der Waals surface area contributed by atoms with E-state index >= 15 is 0 Å². The Bertz CT molecular complexity index is 258. The van der Waals surface area contributed by atoms with E-state index in [1.54, 1.807) is 12.1 Å². The van der Waals surface area contributed by atoms with E-state index in [1.165, 1.54) is 6.07 Å². The SMILES string of the molecule is Cc1ccc(O)c(N=[N])c1. The highest BCUT2D eigenvalue weighted by molar-refractivity contribution is 5.51. The smallest absolute Gasteiger partial charge is 0.143 e. The number of phenols is 1. The van der Waals surface area contributed by atoms with Gasteiger partial charge in [0.2, 0.25) is 0 Å². The number of hydrogen-bond donors (Lipinski definition) is 1. The third-order valence-corrected chi connectivity index (χ3v) is 1.24. The summed E-state index contributed by atoms with van der Waals surface area (Å²) < 4.78 is 0. The van der Waals surface area contributed by atoms with E-state index in [4.69, 9.17) is 10.6 Å². The van der Waals surface area contributed by atoms with Crippen LogP contribution in [0.4, 0.5) is 5.69 Å². The summed E-state index contributed by atoms with van der Waals surface area (Å²) in [5.74, 6) is -0.00639. The molecule has 3 heteroatoms. The molecule has 0 aliphatic rings. The predicted octanol–water partition coefficient (Wildman–Crippen LogP) is 1.58. The van der Waals surface area contributed by atoms with Crippen molar-refractivity contribution in [2.75, 3.05) is 0 Å². The first-order chi connectivity index (χ1) is 4.74. The molecule has 0 fully saturated rings. The highest BCUT2D eigenvalue weighted by atomic mass is 16.3. The number of aryl methyl sites for hydroxylation is 1. The summed E-state index contributed by atoms with van der Waals surface area (Å²) in [7, 11) is 0. The maximum Gasteiger partial charge on any atom is 0.143 e. The van der Waals surface area contributed by atoms with Crippen molar-refractivity contribution in [2.24, 2.45) is 5.11 Å². The van der Waals surface area contributed by atoms with Crippen LogP contribution in [0.3, 0.4) is 0 Å². The number of hydrogen-bond acceptors (Lipinski definition) is 2. The second-order valence-electron chi connectivity index (χ2n) is 2.09. The van der Waals surface area contributed by atoms with Gasteiger partial charge in [-0.1, -0.05) is 6.07 Å². The molecular formula is C7H7N2O. The lowest BCUT2D eigenvalue weighted by atomic mass is 10.2. The molecule has 0 atom stereocenters. The third kappa shape index (κ3) is 1.13. The van der Waals surface area contributed by atoms with Gasteiger partial charge < -0.3 is 5.11 Å². The summed E-state index contributed by atoms with van der Waals surface area (Å²) >= 11 is 0. The molecule has 1 aromatic carbocycles. The lowest BCUT2D eigenvalue weighted by Crippen LogP contribution is -1.71. The molecule has 0 bridgehead atoms. The Labute approximate surface area is 58.8 Å². The van der Waals surface area contributed by atoms with E-state index in [2.05, 4.69) is 5.11 Å². The first-order valence-corrected chi connectivity index (χ1v) is 2.89. The molecule has 0 saturated heterocycles. The topological polar surface area (TPSA) is 54.9 Å². The van der Waals surface area contributed by atoms with Crippen molar-refractivity contribution in [3.63, 3.8) is 0 Å².